The van der Waals surface area contributed by atoms with Crippen LogP contribution in [0.5, 0.6) is 0 Å². The van der Waals surface area contributed by atoms with Crippen LogP contribution in [0.15, 0.2) is 78.9 Å². The number of nitrogens with one attached hydrogen (secondary N) is 3. The standard InChI is InChI=1S/C36H43N5O2/c1-24-10-16-30(17-11-24)41-33(23-32(40-41)36(3,4)5)39-35(43)38-29-14-12-26(13-15-29)34(27-18-20-37-21-19-27)31(42)22-28-9-7-6-8-25(28)2/h6-17,23,27,34,37H,18-22H2,1-5H3,(H2,38,39,43). The Labute approximate surface area is 255 Å². The highest BCUT2D eigenvalue weighted by atomic mass is 16.2. The fourth-order valence-electron chi connectivity index (χ4n) is 5.78. The van der Waals surface area contributed by atoms with Crippen molar-refractivity contribution in [3.8, 4) is 5.69 Å². The summed E-state index contributed by atoms with van der Waals surface area (Å²) in [5.74, 6) is 0.956. The first-order chi connectivity index (χ1) is 20.6. The SMILES string of the molecule is Cc1ccc(-n2nc(C(C)(C)C)cc2NC(=O)Nc2ccc(C(C(=O)Cc3ccccc3C)C3CCNCC3)cc2)cc1. The van der Waals surface area contributed by atoms with Gasteiger partial charge in [-0.25, -0.2) is 9.48 Å². The lowest BCUT2D eigenvalue weighted by Gasteiger charge is -2.30. The zero-order valence-corrected chi connectivity index (χ0v) is 25.9. The lowest BCUT2D eigenvalue weighted by atomic mass is 9.76. The fourth-order valence-corrected chi connectivity index (χ4v) is 5.78. The maximum Gasteiger partial charge on any atom is 0.324 e. The summed E-state index contributed by atoms with van der Waals surface area (Å²) in [6.45, 7) is 12.3. The number of aromatic nitrogens is 2. The van der Waals surface area contributed by atoms with Crippen molar-refractivity contribution in [2.45, 2.75) is 65.2 Å². The van der Waals surface area contributed by atoms with E-state index in [1.165, 1.54) is 0 Å². The van der Waals surface area contributed by atoms with Crippen LogP contribution in [0.2, 0.25) is 0 Å². The first-order valence-corrected chi connectivity index (χ1v) is 15.2. The molecule has 3 N–H and O–H groups in total. The van der Waals surface area contributed by atoms with Crippen LogP contribution < -0.4 is 16.0 Å². The molecule has 224 valence electrons. The van der Waals surface area contributed by atoms with Crippen molar-refractivity contribution in [3.63, 3.8) is 0 Å². The second kappa shape index (κ2) is 13.0. The number of anilines is 2. The molecule has 7 nitrogen and oxygen atoms in total. The lowest BCUT2D eigenvalue weighted by Crippen LogP contribution is -2.34. The first kappa shape index (κ1) is 30.2. The molecule has 1 atom stereocenters. The average Bonchev–Trinajstić information content (AvgIpc) is 3.40. The van der Waals surface area contributed by atoms with E-state index in [1.54, 1.807) is 4.68 Å². The molecule has 1 aliphatic rings. The molecule has 4 aromatic rings. The second-order valence-electron chi connectivity index (χ2n) is 12.7. The van der Waals surface area contributed by atoms with Crippen molar-refractivity contribution in [1.82, 2.24) is 15.1 Å². The van der Waals surface area contributed by atoms with Crippen molar-refractivity contribution < 1.29 is 9.59 Å². The number of Topliss-reactive ketones (excluding diaryl/α,β-unsaturated/α-hetero) is 1. The summed E-state index contributed by atoms with van der Waals surface area (Å²) >= 11 is 0. The molecule has 3 aromatic carbocycles. The Morgan fingerprint density at radius 3 is 2.26 bits per heavy atom. The van der Waals surface area contributed by atoms with Gasteiger partial charge in [-0.2, -0.15) is 5.10 Å². The Kier molecular flexibility index (Phi) is 9.11. The van der Waals surface area contributed by atoms with Crippen LogP contribution in [0.1, 0.15) is 67.5 Å². The summed E-state index contributed by atoms with van der Waals surface area (Å²) in [6.07, 6.45) is 2.37. The van der Waals surface area contributed by atoms with Gasteiger partial charge in [0.05, 0.1) is 11.4 Å². The van der Waals surface area contributed by atoms with Crippen LogP contribution in [0.3, 0.4) is 0 Å². The minimum atomic E-state index is -0.355. The predicted octanol–water partition coefficient (Wildman–Crippen LogP) is 7.33. The van der Waals surface area contributed by atoms with Crippen LogP contribution in [-0.2, 0) is 16.6 Å². The van der Waals surface area contributed by atoms with Gasteiger partial charge in [0.1, 0.15) is 11.6 Å². The van der Waals surface area contributed by atoms with Gasteiger partial charge in [0.2, 0.25) is 0 Å². The Morgan fingerprint density at radius 2 is 1.60 bits per heavy atom. The van der Waals surface area contributed by atoms with Gasteiger partial charge < -0.3 is 10.6 Å². The molecule has 1 fully saturated rings. The van der Waals surface area contributed by atoms with Crippen molar-refractivity contribution in [1.29, 1.82) is 0 Å². The monoisotopic (exact) mass is 577 g/mol. The van der Waals surface area contributed by atoms with Crippen molar-refractivity contribution in [2.75, 3.05) is 23.7 Å². The molecule has 0 radical (unpaired) electrons. The molecular weight excluding hydrogens is 534 g/mol. The zero-order chi connectivity index (χ0) is 30.6. The molecule has 1 aliphatic heterocycles. The van der Waals surface area contributed by atoms with Crippen LogP contribution in [0, 0.1) is 19.8 Å². The van der Waals surface area contributed by atoms with Gasteiger partial charge in [-0.3, -0.25) is 10.1 Å². The topological polar surface area (TPSA) is 88.1 Å². The highest BCUT2D eigenvalue weighted by Crippen LogP contribution is 2.34. The van der Waals surface area contributed by atoms with Crippen LogP contribution in [-0.4, -0.2) is 34.7 Å². The van der Waals surface area contributed by atoms with Crippen molar-refractivity contribution in [3.05, 3.63) is 107 Å². The molecule has 0 bridgehead atoms. The van der Waals surface area contributed by atoms with Gasteiger partial charge in [0.15, 0.2) is 0 Å². The summed E-state index contributed by atoms with van der Waals surface area (Å²) in [7, 11) is 0. The summed E-state index contributed by atoms with van der Waals surface area (Å²) in [5, 5.41) is 14.2. The van der Waals surface area contributed by atoms with E-state index in [9.17, 15) is 9.59 Å². The van der Waals surface area contributed by atoms with E-state index in [4.69, 9.17) is 5.10 Å². The van der Waals surface area contributed by atoms with Crippen LogP contribution >= 0.6 is 0 Å². The maximum absolute atomic E-state index is 13.8. The lowest BCUT2D eigenvalue weighted by molar-refractivity contribution is -0.121. The highest BCUT2D eigenvalue weighted by Gasteiger charge is 2.31. The molecule has 0 saturated carbocycles. The minimum absolute atomic E-state index is 0.177. The number of nitrogens with zero attached hydrogens (tertiary/aromatic N) is 2. The number of carbonyl (C=O) groups is 2. The Bertz CT molecular complexity index is 1560. The fraction of sp³-hybridized carbons (Fsp3) is 0.361. The average molecular weight is 578 g/mol. The van der Waals surface area contributed by atoms with E-state index in [0.717, 1.165) is 59.6 Å². The smallest absolute Gasteiger partial charge is 0.317 e. The Morgan fingerprint density at radius 1 is 0.930 bits per heavy atom. The van der Waals surface area contributed by atoms with Gasteiger partial charge in [0, 0.05) is 29.5 Å². The summed E-state index contributed by atoms with van der Waals surface area (Å²) < 4.78 is 1.77. The van der Waals surface area contributed by atoms with E-state index in [-0.39, 0.29) is 23.1 Å². The molecule has 2 heterocycles. The third-order valence-corrected chi connectivity index (χ3v) is 8.35. The van der Waals surface area contributed by atoms with E-state index in [1.807, 2.05) is 79.7 Å². The molecule has 1 saturated heterocycles. The predicted molar refractivity (Wildman–Crippen MR) is 174 cm³/mol. The van der Waals surface area contributed by atoms with Crippen molar-refractivity contribution >= 4 is 23.3 Å². The second-order valence-corrected chi connectivity index (χ2v) is 12.7. The number of rotatable bonds is 8. The minimum Gasteiger partial charge on any atom is -0.317 e. The molecule has 1 unspecified atom stereocenters. The number of aryl methyl sites for hydroxylation is 2. The van der Waals surface area contributed by atoms with E-state index < -0.39 is 0 Å². The number of ketones is 1. The molecule has 43 heavy (non-hydrogen) atoms. The van der Waals surface area contributed by atoms with Gasteiger partial charge in [-0.05, 0) is 86.7 Å². The maximum atomic E-state index is 13.8. The summed E-state index contributed by atoms with van der Waals surface area (Å²) in [5.41, 5.74) is 6.62. The Balaban J connectivity index is 1.33. The van der Waals surface area contributed by atoms with E-state index in [2.05, 4.69) is 49.7 Å². The van der Waals surface area contributed by atoms with E-state index >= 15 is 0 Å². The quantitative estimate of drug-likeness (QED) is 0.205. The largest absolute Gasteiger partial charge is 0.324 e. The molecule has 5 rings (SSSR count). The third-order valence-electron chi connectivity index (χ3n) is 8.35. The number of hydrogen-bond acceptors (Lipinski definition) is 4. The molecule has 7 heteroatoms. The van der Waals surface area contributed by atoms with Crippen molar-refractivity contribution in [2.24, 2.45) is 5.92 Å². The number of carbonyl (C=O) groups excluding carboxylic acids is 2. The number of hydrogen-bond donors (Lipinski definition) is 3. The zero-order valence-electron chi connectivity index (χ0n) is 25.9. The molecule has 2 amide bonds. The molecule has 1 aromatic heterocycles. The summed E-state index contributed by atoms with van der Waals surface area (Å²) in [6, 6.07) is 25.5. The number of urea groups is 1. The normalized spacial score (nSPS) is 14.7. The third kappa shape index (κ3) is 7.41. The van der Waals surface area contributed by atoms with Crippen LogP contribution in [0.25, 0.3) is 5.69 Å². The molecular formula is C36H43N5O2. The molecule has 0 spiro atoms. The Hall–Kier alpha value is -4.23. The van der Waals surface area contributed by atoms with Gasteiger partial charge in [-0.15, -0.1) is 0 Å². The molecule has 0 aliphatic carbocycles. The summed E-state index contributed by atoms with van der Waals surface area (Å²) in [4.78, 5) is 26.9. The van der Waals surface area contributed by atoms with Crippen LogP contribution in [0.4, 0.5) is 16.3 Å². The first-order valence-electron chi connectivity index (χ1n) is 15.2. The van der Waals surface area contributed by atoms with E-state index in [0.29, 0.717) is 23.8 Å². The number of amides is 2. The number of benzene rings is 3. The highest BCUT2D eigenvalue weighted by molar-refractivity contribution is 5.99. The number of piperidine rings is 1. The van der Waals surface area contributed by atoms with Gasteiger partial charge >= 0.3 is 6.03 Å². The van der Waals surface area contributed by atoms with Gasteiger partial charge in [-0.1, -0.05) is 74.9 Å². The van der Waals surface area contributed by atoms with Gasteiger partial charge in [0.25, 0.3) is 0 Å².